The van der Waals surface area contributed by atoms with Crippen LogP contribution in [0.4, 0.5) is 0 Å². The number of benzene rings is 1. The Bertz CT molecular complexity index is 316. The number of carbonyl (C=O) groups is 1. The number of methoxy groups -OCH3 is 1. The summed E-state index contributed by atoms with van der Waals surface area (Å²) < 4.78 is 4.48. The summed E-state index contributed by atoms with van der Waals surface area (Å²) >= 11 is 0. The van der Waals surface area contributed by atoms with Gasteiger partial charge in [0.1, 0.15) is 0 Å². The van der Waals surface area contributed by atoms with Gasteiger partial charge in [-0.25, -0.2) is 0 Å². The minimum absolute atomic E-state index is 0.0460. The van der Waals surface area contributed by atoms with Crippen LogP contribution in [0.2, 0.25) is 0 Å². The van der Waals surface area contributed by atoms with Crippen LogP contribution in [0.5, 0.6) is 0 Å². The molecule has 0 aliphatic rings. The first-order chi connectivity index (χ1) is 7.11. The molecule has 0 heterocycles. The van der Waals surface area contributed by atoms with Gasteiger partial charge in [-0.1, -0.05) is 29.8 Å². The van der Waals surface area contributed by atoms with E-state index in [1.165, 1.54) is 12.7 Å². The summed E-state index contributed by atoms with van der Waals surface area (Å²) in [6.07, 6.45) is -0.139. The Morgan fingerprint density at radius 1 is 1.40 bits per heavy atom. The molecule has 1 atom stereocenters. The van der Waals surface area contributed by atoms with Gasteiger partial charge in [0.05, 0.1) is 19.6 Å². The van der Waals surface area contributed by atoms with Crippen molar-refractivity contribution in [2.24, 2.45) is 0 Å². The second kappa shape index (κ2) is 5.51. The normalized spacial score (nSPS) is 12.2. The van der Waals surface area contributed by atoms with Gasteiger partial charge in [-0.2, -0.15) is 0 Å². The molecule has 3 nitrogen and oxygen atoms in total. The van der Waals surface area contributed by atoms with Crippen molar-refractivity contribution >= 4 is 5.97 Å². The Morgan fingerprint density at radius 3 is 2.53 bits per heavy atom. The maximum Gasteiger partial charge on any atom is 0.308 e. The number of aliphatic hydroxyl groups is 1. The van der Waals surface area contributed by atoms with E-state index >= 15 is 0 Å². The number of carbonyl (C=O) groups excluding carboxylic acids is 1. The predicted octanol–water partition coefficient (Wildman–Crippen LogP) is 1.46. The molecule has 0 spiro atoms. The predicted molar refractivity (Wildman–Crippen MR) is 57.5 cm³/mol. The smallest absolute Gasteiger partial charge is 0.308 e. The van der Waals surface area contributed by atoms with Crippen molar-refractivity contribution in [3.05, 3.63) is 35.4 Å². The number of ether oxygens (including phenoxy) is 1. The summed E-state index contributed by atoms with van der Waals surface area (Å²) in [7, 11) is 1.32. The van der Waals surface area contributed by atoms with Gasteiger partial charge in [-0.15, -0.1) is 0 Å². The summed E-state index contributed by atoms with van der Waals surface area (Å²) in [5, 5.41) is 9.57. The van der Waals surface area contributed by atoms with Gasteiger partial charge in [0.15, 0.2) is 0 Å². The molecule has 15 heavy (non-hydrogen) atoms. The van der Waals surface area contributed by atoms with E-state index in [1.54, 1.807) is 0 Å². The first kappa shape index (κ1) is 11.7. The number of aliphatic hydroxyl groups excluding tert-OH is 1. The second-order valence-electron chi connectivity index (χ2n) is 3.62. The van der Waals surface area contributed by atoms with Crippen LogP contribution in [-0.4, -0.2) is 24.3 Å². The number of esters is 1. The molecular formula is C12H16O3. The molecule has 0 radical (unpaired) electrons. The van der Waals surface area contributed by atoms with E-state index in [0.717, 1.165) is 5.56 Å². The van der Waals surface area contributed by atoms with E-state index in [1.807, 2.05) is 31.2 Å². The first-order valence-electron chi connectivity index (χ1n) is 4.92. The van der Waals surface area contributed by atoms with Crippen LogP contribution in [0.3, 0.4) is 0 Å². The summed E-state index contributed by atoms with van der Waals surface area (Å²) in [5.74, 6) is -0.380. The van der Waals surface area contributed by atoms with Gasteiger partial charge in [-0.05, 0) is 18.9 Å². The number of rotatable bonds is 4. The molecule has 82 valence electrons. The molecule has 0 aliphatic carbocycles. The van der Waals surface area contributed by atoms with Crippen molar-refractivity contribution in [2.75, 3.05) is 7.11 Å². The third kappa shape index (κ3) is 4.13. The Balaban J connectivity index is 2.47. The van der Waals surface area contributed by atoms with E-state index in [-0.39, 0.29) is 12.4 Å². The Kier molecular flexibility index (Phi) is 4.31. The molecule has 1 aromatic carbocycles. The summed E-state index contributed by atoms with van der Waals surface area (Å²) in [6.45, 7) is 2.01. The molecule has 0 amide bonds. The summed E-state index contributed by atoms with van der Waals surface area (Å²) in [4.78, 5) is 10.9. The average Bonchev–Trinajstić information content (AvgIpc) is 2.21. The molecule has 0 saturated carbocycles. The van der Waals surface area contributed by atoms with Gasteiger partial charge < -0.3 is 9.84 Å². The SMILES string of the molecule is COC(=O)C[C@H](O)Cc1ccc(C)cc1. The molecule has 0 aliphatic heterocycles. The van der Waals surface area contributed by atoms with E-state index < -0.39 is 6.10 Å². The van der Waals surface area contributed by atoms with Crippen LogP contribution in [0, 0.1) is 6.92 Å². The average molecular weight is 208 g/mol. The highest BCUT2D eigenvalue weighted by molar-refractivity contribution is 5.69. The first-order valence-corrected chi connectivity index (χ1v) is 4.92. The minimum atomic E-state index is -0.667. The van der Waals surface area contributed by atoms with E-state index in [2.05, 4.69) is 4.74 Å². The van der Waals surface area contributed by atoms with Crippen LogP contribution >= 0.6 is 0 Å². The lowest BCUT2D eigenvalue weighted by Crippen LogP contribution is -2.16. The summed E-state index contributed by atoms with van der Waals surface area (Å²) in [6, 6.07) is 7.88. The number of hydrogen-bond donors (Lipinski definition) is 1. The molecule has 0 aromatic heterocycles. The molecule has 0 fully saturated rings. The third-order valence-electron chi connectivity index (χ3n) is 2.22. The van der Waals surface area contributed by atoms with Gasteiger partial charge >= 0.3 is 5.97 Å². The monoisotopic (exact) mass is 208 g/mol. The maximum atomic E-state index is 10.9. The topological polar surface area (TPSA) is 46.5 Å². The van der Waals surface area contributed by atoms with Gasteiger partial charge in [-0.3, -0.25) is 4.79 Å². The fourth-order valence-corrected chi connectivity index (χ4v) is 1.34. The fraction of sp³-hybridized carbons (Fsp3) is 0.417. The summed E-state index contributed by atoms with van der Waals surface area (Å²) in [5.41, 5.74) is 2.21. The van der Waals surface area contributed by atoms with Crippen LogP contribution < -0.4 is 0 Å². The molecule has 1 aromatic rings. The van der Waals surface area contributed by atoms with Crippen molar-refractivity contribution in [1.29, 1.82) is 0 Å². The van der Waals surface area contributed by atoms with Crippen molar-refractivity contribution in [1.82, 2.24) is 0 Å². The number of aryl methyl sites for hydroxylation is 1. The van der Waals surface area contributed by atoms with E-state index in [0.29, 0.717) is 6.42 Å². The minimum Gasteiger partial charge on any atom is -0.469 e. The van der Waals surface area contributed by atoms with Crippen LogP contribution in [0.25, 0.3) is 0 Å². The molecular weight excluding hydrogens is 192 g/mol. The lowest BCUT2D eigenvalue weighted by Gasteiger charge is -2.09. The van der Waals surface area contributed by atoms with Crippen molar-refractivity contribution in [3.63, 3.8) is 0 Å². The largest absolute Gasteiger partial charge is 0.469 e. The van der Waals surface area contributed by atoms with Gasteiger partial charge in [0.2, 0.25) is 0 Å². The molecule has 1 N–H and O–H groups in total. The highest BCUT2D eigenvalue weighted by Gasteiger charge is 2.11. The third-order valence-corrected chi connectivity index (χ3v) is 2.22. The Labute approximate surface area is 89.7 Å². The molecule has 1 rings (SSSR count). The zero-order chi connectivity index (χ0) is 11.3. The molecule has 0 bridgehead atoms. The quantitative estimate of drug-likeness (QED) is 0.762. The zero-order valence-corrected chi connectivity index (χ0v) is 9.06. The van der Waals surface area contributed by atoms with E-state index in [9.17, 15) is 9.90 Å². The Morgan fingerprint density at radius 2 is 2.00 bits per heavy atom. The lowest BCUT2D eigenvalue weighted by molar-refractivity contribution is -0.142. The van der Waals surface area contributed by atoms with Crippen molar-refractivity contribution in [3.8, 4) is 0 Å². The van der Waals surface area contributed by atoms with Crippen molar-refractivity contribution < 1.29 is 14.6 Å². The van der Waals surface area contributed by atoms with Gasteiger partial charge in [0, 0.05) is 0 Å². The molecule has 0 saturated heterocycles. The van der Waals surface area contributed by atoms with Gasteiger partial charge in [0.25, 0.3) is 0 Å². The van der Waals surface area contributed by atoms with Crippen LogP contribution in [0.1, 0.15) is 17.5 Å². The zero-order valence-electron chi connectivity index (χ0n) is 9.06. The molecule has 3 heteroatoms. The Hall–Kier alpha value is -1.35. The van der Waals surface area contributed by atoms with Crippen LogP contribution in [0.15, 0.2) is 24.3 Å². The lowest BCUT2D eigenvalue weighted by atomic mass is 10.0. The highest BCUT2D eigenvalue weighted by atomic mass is 16.5. The maximum absolute atomic E-state index is 10.9. The second-order valence-corrected chi connectivity index (χ2v) is 3.62. The van der Waals surface area contributed by atoms with Crippen molar-refractivity contribution in [2.45, 2.75) is 25.9 Å². The standard InChI is InChI=1S/C12H16O3/c1-9-3-5-10(6-4-9)7-11(13)8-12(14)15-2/h3-6,11,13H,7-8H2,1-2H3/t11-/m1/s1. The number of hydrogen-bond acceptors (Lipinski definition) is 3. The highest BCUT2D eigenvalue weighted by Crippen LogP contribution is 2.08. The van der Waals surface area contributed by atoms with E-state index in [4.69, 9.17) is 0 Å². The fourth-order valence-electron chi connectivity index (χ4n) is 1.34. The van der Waals surface area contributed by atoms with Crippen LogP contribution in [-0.2, 0) is 16.0 Å². The molecule has 0 unspecified atom stereocenters.